The number of fused-ring (bicyclic) bond motifs is 6. The van der Waals surface area contributed by atoms with Crippen LogP contribution in [0.4, 0.5) is 0 Å². The molecule has 0 spiro atoms. The number of carbonyl (C=O) groups is 1. The van der Waals surface area contributed by atoms with Gasteiger partial charge >= 0.3 is 0 Å². The van der Waals surface area contributed by atoms with Crippen molar-refractivity contribution in [2.24, 2.45) is 40.9 Å². The molecule has 1 aromatic carbocycles. The van der Waals surface area contributed by atoms with Crippen molar-refractivity contribution >= 4 is 28.4 Å². The number of nitrogens with zero attached hydrogens (tertiary/aromatic N) is 3. The summed E-state index contributed by atoms with van der Waals surface area (Å²) in [6, 6.07) is 5.48. The first-order valence-electron chi connectivity index (χ1n) is 13.0. The molecule has 6 rings (SSSR count). The van der Waals surface area contributed by atoms with Crippen molar-refractivity contribution in [3.8, 4) is 0 Å². The maximum Gasteiger partial charge on any atom is 0.159 e. The third kappa shape index (κ3) is 3.65. The summed E-state index contributed by atoms with van der Waals surface area (Å²) in [6.07, 6.45) is 10.3. The fourth-order valence-electron chi connectivity index (χ4n) is 8.86. The molecule has 0 bridgehead atoms. The van der Waals surface area contributed by atoms with Crippen molar-refractivity contribution in [1.82, 2.24) is 15.0 Å². The van der Waals surface area contributed by atoms with Gasteiger partial charge in [0.1, 0.15) is 17.6 Å². The topological polar surface area (TPSA) is 68.0 Å². The molecule has 4 aliphatic rings. The Hall–Kier alpha value is -1.46. The molecule has 4 aliphatic carbocycles. The molecule has 4 saturated carbocycles. The van der Waals surface area contributed by atoms with E-state index in [1.54, 1.807) is 10.9 Å². The quantitative estimate of drug-likeness (QED) is 0.628. The summed E-state index contributed by atoms with van der Waals surface area (Å²) in [5, 5.41) is 20.3. The first kappa shape index (κ1) is 22.0. The van der Waals surface area contributed by atoms with Crippen LogP contribution in [-0.2, 0) is 11.3 Å². The highest BCUT2D eigenvalue weighted by molar-refractivity contribution is 6.31. The van der Waals surface area contributed by atoms with E-state index >= 15 is 0 Å². The van der Waals surface area contributed by atoms with Crippen LogP contribution in [0.5, 0.6) is 0 Å². The Balaban J connectivity index is 1.18. The number of hydrogen-bond acceptors (Lipinski definition) is 4. The van der Waals surface area contributed by atoms with E-state index < -0.39 is 5.60 Å². The number of halogens is 1. The van der Waals surface area contributed by atoms with Gasteiger partial charge in [0.15, 0.2) is 5.78 Å². The van der Waals surface area contributed by atoms with Gasteiger partial charge in [-0.25, -0.2) is 0 Å². The van der Waals surface area contributed by atoms with Crippen LogP contribution >= 0.6 is 11.6 Å². The third-order valence-corrected chi connectivity index (χ3v) is 10.5. The van der Waals surface area contributed by atoms with Gasteiger partial charge < -0.3 is 5.11 Å². The van der Waals surface area contributed by atoms with Crippen LogP contribution in [0, 0.1) is 40.9 Å². The number of aliphatic hydroxyl groups is 1. The van der Waals surface area contributed by atoms with Gasteiger partial charge in [0.25, 0.3) is 0 Å². The van der Waals surface area contributed by atoms with E-state index in [4.69, 9.17) is 11.6 Å². The Morgan fingerprint density at radius 3 is 2.67 bits per heavy atom. The lowest BCUT2D eigenvalue weighted by molar-refractivity contribution is -0.133. The SMILES string of the molecule is C[C@@]1(O)CC[C@H]2[C@H](CC[C@@H]3[C@@H]2CC[C@]2(C)[C@@H](C(=O)Cn4nc5ccc(Cl)cc5n4)CC[C@@H]32)C1. The molecule has 0 radical (unpaired) electrons. The van der Waals surface area contributed by atoms with Gasteiger partial charge in [-0.15, -0.1) is 0 Å². The molecule has 5 nitrogen and oxygen atoms in total. The van der Waals surface area contributed by atoms with Crippen LogP contribution in [0.2, 0.25) is 5.02 Å². The average molecular weight is 470 g/mol. The van der Waals surface area contributed by atoms with E-state index in [1.165, 1.54) is 38.5 Å². The second kappa shape index (κ2) is 7.78. The maximum atomic E-state index is 13.5. The average Bonchev–Trinajstić information content (AvgIpc) is 3.32. The van der Waals surface area contributed by atoms with E-state index in [0.717, 1.165) is 48.0 Å². The highest BCUT2D eigenvalue weighted by atomic mass is 35.5. The van der Waals surface area contributed by atoms with Crippen LogP contribution in [0.1, 0.15) is 71.6 Å². The number of Topliss-reactive ketones (excluding diaryl/α,β-unsaturated/α-hetero) is 1. The molecule has 0 amide bonds. The summed E-state index contributed by atoms with van der Waals surface area (Å²) in [4.78, 5) is 15.1. The number of aromatic nitrogens is 3. The van der Waals surface area contributed by atoms with Crippen LogP contribution in [-0.4, -0.2) is 31.5 Å². The molecule has 1 aromatic heterocycles. The van der Waals surface area contributed by atoms with Gasteiger partial charge in [-0.1, -0.05) is 18.5 Å². The first-order chi connectivity index (χ1) is 15.7. The first-order valence-corrected chi connectivity index (χ1v) is 13.4. The molecule has 8 atom stereocenters. The molecule has 6 heteroatoms. The fourth-order valence-corrected chi connectivity index (χ4v) is 9.03. The van der Waals surface area contributed by atoms with Gasteiger partial charge in [-0.3, -0.25) is 4.79 Å². The minimum Gasteiger partial charge on any atom is -0.390 e. The van der Waals surface area contributed by atoms with Crippen molar-refractivity contribution in [1.29, 1.82) is 0 Å². The highest BCUT2D eigenvalue weighted by Gasteiger charge is 2.58. The van der Waals surface area contributed by atoms with Crippen molar-refractivity contribution in [2.75, 3.05) is 0 Å². The second-order valence-corrected chi connectivity index (χ2v) is 12.6. The number of hydrogen-bond donors (Lipinski definition) is 1. The normalized spacial score (nSPS) is 42.5. The maximum absolute atomic E-state index is 13.5. The zero-order valence-corrected chi connectivity index (χ0v) is 20.6. The number of benzene rings is 1. The van der Waals surface area contributed by atoms with Gasteiger partial charge in [0.2, 0.25) is 0 Å². The number of rotatable bonds is 3. The van der Waals surface area contributed by atoms with E-state index in [2.05, 4.69) is 17.1 Å². The molecular weight excluding hydrogens is 434 g/mol. The smallest absolute Gasteiger partial charge is 0.159 e. The minimum atomic E-state index is -0.460. The number of carbonyl (C=O) groups excluding carboxylic acids is 1. The van der Waals surface area contributed by atoms with Gasteiger partial charge in [-0.05, 0) is 118 Å². The Morgan fingerprint density at radius 2 is 1.82 bits per heavy atom. The van der Waals surface area contributed by atoms with E-state index in [9.17, 15) is 9.90 Å². The summed E-state index contributed by atoms with van der Waals surface area (Å²) in [5.41, 5.74) is 1.18. The largest absolute Gasteiger partial charge is 0.390 e. The van der Waals surface area contributed by atoms with Crippen LogP contribution < -0.4 is 0 Å². The lowest BCUT2D eigenvalue weighted by Gasteiger charge is -2.56. The Kier molecular flexibility index (Phi) is 5.19. The Labute approximate surface area is 201 Å². The number of ketones is 1. The zero-order chi connectivity index (χ0) is 23.0. The van der Waals surface area contributed by atoms with Gasteiger partial charge in [-0.2, -0.15) is 15.0 Å². The lowest BCUT2D eigenvalue weighted by atomic mass is 9.49. The standard InChI is InChI=1S/C27H36ClN3O2/c1-26(33)11-9-18-16(14-26)3-5-20-19(18)10-12-27(2)21(20)6-7-22(27)25(32)15-31-29-23-8-4-17(28)13-24(23)30-31/h4,8,13,16,18-22,33H,3,5-7,9-12,14-15H2,1-2H3/t16-,18+,19-,20-,21+,22-,26-,27+/m1/s1. The molecule has 4 fully saturated rings. The van der Waals surface area contributed by atoms with Crippen LogP contribution in [0.3, 0.4) is 0 Å². The molecule has 1 heterocycles. The minimum absolute atomic E-state index is 0.112. The predicted octanol–water partition coefficient (Wildman–Crippen LogP) is 5.67. The van der Waals surface area contributed by atoms with Crippen LogP contribution in [0.25, 0.3) is 11.0 Å². The lowest BCUT2D eigenvalue weighted by Crippen LogP contribution is -2.51. The van der Waals surface area contributed by atoms with Gasteiger partial charge in [0, 0.05) is 10.9 Å². The fraction of sp³-hybridized carbons (Fsp3) is 0.741. The predicted molar refractivity (Wildman–Crippen MR) is 129 cm³/mol. The Morgan fingerprint density at radius 1 is 1.03 bits per heavy atom. The zero-order valence-electron chi connectivity index (χ0n) is 19.8. The molecule has 1 N–H and O–H groups in total. The Bertz CT molecular complexity index is 1080. The summed E-state index contributed by atoms with van der Waals surface area (Å²) < 4.78 is 0. The molecule has 2 aromatic rings. The monoisotopic (exact) mass is 469 g/mol. The highest BCUT2D eigenvalue weighted by Crippen LogP contribution is 2.64. The summed E-state index contributed by atoms with van der Waals surface area (Å²) in [5.74, 6) is 4.13. The summed E-state index contributed by atoms with van der Waals surface area (Å²) in [6.45, 7) is 4.70. The molecular formula is C27H36ClN3O2. The molecule has 178 valence electrons. The van der Waals surface area contributed by atoms with Crippen LogP contribution in [0.15, 0.2) is 18.2 Å². The second-order valence-electron chi connectivity index (χ2n) is 12.2. The third-order valence-electron chi connectivity index (χ3n) is 10.3. The van der Waals surface area contributed by atoms with Crippen molar-refractivity contribution < 1.29 is 9.90 Å². The van der Waals surface area contributed by atoms with E-state index in [-0.39, 0.29) is 17.9 Å². The molecule has 0 aliphatic heterocycles. The molecule has 33 heavy (non-hydrogen) atoms. The van der Waals surface area contributed by atoms with Crippen molar-refractivity contribution in [3.63, 3.8) is 0 Å². The van der Waals surface area contributed by atoms with E-state index in [1.807, 2.05) is 19.1 Å². The van der Waals surface area contributed by atoms with E-state index in [0.29, 0.717) is 22.6 Å². The molecule has 0 unspecified atom stereocenters. The van der Waals surface area contributed by atoms with Crippen molar-refractivity contribution in [2.45, 2.75) is 83.8 Å². The molecule has 0 saturated heterocycles. The van der Waals surface area contributed by atoms with Gasteiger partial charge in [0.05, 0.1) is 5.60 Å². The summed E-state index contributed by atoms with van der Waals surface area (Å²) >= 11 is 6.09. The van der Waals surface area contributed by atoms with Crippen molar-refractivity contribution in [3.05, 3.63) is 23.2 Å². The summed E-state index contributed by atoms with van der Waals surface area (Å²) in [7, 11) is 0.